The van der Waals surface area contributed by atoms with Gasteiger partial charge < -0.3 is 14.8 Å². The number of rotatable bonds is 9. The van der Waals surface area contributed by atoms with Gasteiger partial charge >= 0.3 is 0 Å². The van der Waals surface area contributed by atoms with E-state index >= 15 is 0 Å². The van der Waals surface area contributed by atoms with Crippen molar-refractivity contribution < 1.29 is 9.47 Å². The van der Waals surface area contributed by atoms with Crippen LogP contribution in [0.15, 0.2) is 78.9 Å². The van der Waals surface area contributed by atoms with E-state index in [0.717, 1.165) is 23.6 Å². The monoisotopic (exact) mass is 361 g/mol. The molecule has 0 heterocycles. The number of hydrogen-bond acceptors (Lipinski definition) is 3. The van der Waals surface area contributed by atoms with Gasteiger partial charge in [0.1, 0.15) is 24.7 Å². The van der Waals surface area contributed by atoms with Gasteiger partial charge in [0.05, 0.1) is 0 Å². The quantitative estimate of drug-likeness (QED) is 0.524. The lowest BCUT2D eigenvalue weighted by molar-refractivity contribution is 0.215. The molecule has 3 aromatic carbocycles. The van der Waals surface area contributed by atoms with Gasteiger partial charge in [-0.1, -0.05) is 66.2 Å². The van der Waals surface area contributed by atoms with Crippen LogP contribution in [0.5, 0.6) is 11.5 Å². The van der Waals surface area contributed by atoms with Crippen molar-refractivity contribution in [2.24, 2.45) is 0 Å². The topological polar surface area (TPSA) is 30.5 Å². The van der Waals surface area contributed by atoms with Crippen molar-refractivity contribution in [3.05, 3.63) is 95.6 Å². The highest BCUT2D eigenvalue weighted by atomic mass is 16.5. The zero-order chi connectivity index (χ0) is 18.9. The lowest BCUT2D eigenvalue weighted by Gasteiger charge is -2.18. The zero-order valence-electron chi connectivity index (χ0n) is 16.0. The van der Waals surface area contributed by atoms with Crippen LogP contribution in [-0.2, 0) is 6.54 Å². The van der Waals surface area contributed by atoms with Gasteiger partial charge in [0, 0.05) is 18.2 Å². The molecule has 0 aromatic heterocycles. The Hall–Kier alpha value is -2.78. The number of nitrogens with one attached hydrogen (secondary N) is 1. The lowest BCUT2D eigenvalue weighted by atomic mass is 10.1. The van der Waals surface area contributed by atoms with Gasteiger partial charge in [-0.05, 0) is 37.6 Å². The van der Waals surface area contributed by atoms with E-state index in [1.54, 1.807) is 0 Å². The van der Waals surface area contributed by atoms with Gasteiger partial charge in [0.2, 0.25) is 0 Å². The third-order valence-electron chi connectivity index (χ3n) is 4.47. The second-order valence-electron chi connectivity index (χ2n) is 6.64. The summed E-state index contributed by atoms with van der Waals surface area (Å²) in [6.45, 7) is 6.12. The van der Waals surface area contributed by atoms with Gasteiger partial charge in [-0.2, -0.15) is 0 Å². The fourth-order valence-corrected chi connectivity index (χ4v) is 2.88. The molecule has 3 aromatic rings. The SMILES string of the molecule is Cc1ccc(CNC(C)c2ccccc2OCCOc2ccccc2)cc1. The van der Waals surface area contributed by atoms with E-state index in [1.165, 1.54) is 11.1 Å². The molecule has 0 saturated carbocycles. The largest absolute Gasteiger partial charge is 0.490 e. The van der Waals surface area contributed by atoms with Crippen molar-refractivity contribution in [3.8, 4) is 11.5 Å². The highest BCUT2D eigenvalue weighted by Gasteiger charge is 2.11. The second kappa shape index (κ2) is 9.79. The van der Waals surface area contributed by atoms with Gasteiger partial charge in [-0.3, -0.25) is 0 Å². The van der Waals surface area contributed by atoms with E-state index in [-0.39, 0.29) is 6.04 Å². The van der Waals surface area contributed by atoms with Crippen molar-refractivity contribution in [2.45, 2.75) is 26.4 Å². The molecule has 0 spiro atoms. The Kier molecular flexibility index (Phi) is 6.89. The summed E-state index contributed by atoms with van der Waals surface area (Å²) < 4.78 is 11.7. The van der Waals surface area contributed by atoms with Crippen LogP contribution in [0.3, 0.4) is 0 Å². The van der Waals surface area contributed by atoms with Crippen LogP contribution in [0.1, 0.15) is 29.7 Å². The molecule has 0 aliphatic carbocycles. The van der Waals surface area contributed by atoms with Crippen molar-refractivity contribution >= 4 is 0 Å². The van der Waals surface area contributed by atoms with Crippen LogP contribution in [0.2, 0.25) is 0 Å². The molecule has 27 heavy (non-hydrogen) atoms. The summed E-state index contributed by atoms with van der Waals surface area (Å²) in [6, 6.07) is 26.8. The highest BCUT2D eigenvalue weighted by molar-refractivity contribution is 5.35. The Morgan fingerprint density at radius 1 is 0.778 bits per heavy atom. The first kappa shape index (κ1) is 19.0. The van der Waals surface area contributed by atoms with Crippen LogP contribution in [0.4, 0.5) is 0 Å². The first-order valence-electron chi connectivity index (χ1n) is 9.41. The predicted octanol–water partition coefficient (Wildman–Crippen LogP) is 5.30. The van der Waals surface area contributed by atoms with Gasteiger partial charge in [0.15, 0.2) is 0 Å². The maximum Gasteiger partial charge on any atom is 0.124 e. The summed E-state index contributed by atoms with van der Waals surface area (Å²) in [5.74, 6) is 1.76. The molecule has 0 saturated heterocycles. The van der Waals surface area contributed by atoms with E-state index in [9.17, 15) is 0 Å². The smallest absolute Gasteiger partial charge is 0.124 e. The van der Waals surface area contributed by atoms with Crippen molar-refractivity contribution in [3.63, 3.8) is 0 Å². The molecule has 1 unspecified atom stereocenters. The summed E-state index contributed by atoms with van der Waals surface area (Å²) in [7, 11) is 0. The molecule has 140 valence electrons. The normalized spacial score (nSPS) is 11.8. The molecule has 0 amide bonds. The van der Waals surface area contributed by atoms with Crippen LogP contribution in [0.25, 0.3) is 0 Å². The summed E-state index contributed by atoms with van der Waals surface area (Å²) >= 11 is 0. The van der Waals surface area contributed by atoms with Crippen molar-refractivity contribution in [2.75, 3.05) is 13.2 Å². The molecule has 3 rings (SSSR count). The molecular weight excluding hydrogens is 334 g/mol. The minimum absolute atomic E-state index is 0.192. The fourth-order valence-electron chi connectivity index (χ4n) is 2.88. The van der Waals surface area contributed by atoms with Crippen LogP contribution in [0, 0.1) is 6.92 Å². The zero-order valence-corrected chi connectivity index (χ0v) is 16.0. The maximum atomic E-state index is 5.98. The Bertz CT molecular complexity index is 815. The number of ether oxygens (including phenoxy) is 2. The Labute approximate surface area is 162 Å². The molecule has 1 N–H and O–H groups in total. The van der Waals surface area contributed by atoms with Crippen LogP contribution >= 0.6 is 0 Å². The second-order valence-corrected chi connectivity index (χ2v) is 6.64. The maximum absolute atomic E-state index is 5.98. The molecule has 3 nitrogen and oxygen atoms in total. The third-order valence-corrected chi connectivity index (χ3v) is 4.47. The molecule has 0 aliphatic rings. The number of para-hydroxylation sites is 2. The summed E-state index contributed by atoms with van der Waals surface area (Å²) in [5, 5.41) is 3.58. The molecule has 3 heteroatoms. The van der Waals surface area contributed by atoms with E-state index in [4.69, 9.17) is 9.47 Å². The molecular formula is C24H27NO2. The van der Waals surface area contributed by atoms with Crippen molar-refractivity contribution in [1.82, 2.24) is 5.32 Å². The van der Waals surface area contributed by atoms with E-state index in [2.05, 4.69) is 49.5 Å². The number of hydrogen-bond donors (Lipinski definition) is 1. The molecule has 0 aliphatic heterocycles. The molecule has 0 bridgehead atoms. The third kappa shape index (κ3) is 5.87. The van der Waals surface area contributed by atoms with Gasteiger partial charge in [0.25, 0.3) is 0 Å². The van der Waals surface area contributed by atoms with Gasteiger partial charge in [-0.15, -0.1) is 0 Å². The highest BCUT2D eigenvalue weighted by Crippen LogP contribution is 2.25. The Morgan fingerprint density at radius 3 is 2.22 bits per heavy atom. The Balaban J connectivity index is 1.52. The van der Waals surface area contributed by atoms with E-state index < -0.39 is 0 Å². The first-order valence-corrected chi connectivity index (χ1v) is 9.41. The predicted molar refractivity (Wildman–Crippen MR) is 110 cm³/mol. The summed E-state index contributed by atoms with van der Waals surface area (Å²) in [5.41, 5.74) is 3.72. The minimum Gasteiger partial charge on any atom is -0.490 e. The lowest BCUT2D eigenvalue weighted by Crippen LogP contribution is -2.19. The standard InChI is InChI=1S/C24H27NO2/c1-19-12-14-21(15-13-19)18-25-20(2)23-10-6-7-11-24(23)27-17-16-26-22-8-4-3-5-9-22/h3-15,20,25H,16-18H2,1-2H3. The van der Waals surface area contributed by atoms with Crippen molar-refractivity contribution in [1.29, 1.82) is 0 Å². The van der Waals surface area contributed by atoms with E-state index in [0.29, 0.717) is 13.2 Å². The minimum atomic E-state index is 0.192. The first-order chi connectivity index (χ1) is 13.2. The molecule has 0 fully saturated rings. The average Bonchev–Trinajstić information content (AvgIpc) is 2.71. The number of aryl methyl sites for hydroxylation is 1. The molecule has 0 radical (unpaired) electrons. The van der Waals surface area contributed by atoms with E-state index in [1.807, 2.05) is 48.5 Å². The fraction of sp³-hybridized carbons (Fsp3) is 0.250. The number of benzene rings is 3. The summed E-state index contributed by atoms with van der Waals surface area (Å²) in [4.78, 5) is 0. The van der Waals surface area contributed by atoms with Crippen LogP contribution in [-0.4, -0.2) is 13.2 Å². The van der Waals surface area contributed by atoms with Gasteiger partial charge in [-0.25, -0.2) is 0 Å². The average molecular weight is 361 g/mol. The Morgan fingerprint density at radius 2 is 1.44 bits per heavy atom. The molecule has 1 atom stereocenters. The van der Waals surface area contributed by atoms with Crippen LogP contribution < -0.4 is 14.8 Å². The summed E-state index contributed by atoms with van der Waals surface area (Å²) in [6.07, 6.45) is 0.